The highest BCUT2D eigenvalue weighted by atomic mass is 32.2. The first-order valence-electron chi connectivity index (χ1n) is 9.53. The molecule has 0 saturated carbocycles. The molecule has 9 heteroatoms. The number of carbonyl (C=O) groups excluding carboxylic acids is 2. The second kappa shape index (κ2) is 11.2. The molecule has 0 unspecified atom stereocenters. The van der Waals surface area contributed by atoms with Crippen molar-refractivity contribution in [3.63, 3.8) is 0 Å². The molecular weight excluding hydrogens is 408 g/mol. The van der Waals surface area contributed by atoms with E-state index in [1.54, 1.807) is 6.92 Å². The first kappa shape index (κ1) is 23.2. The van der Waals surface area contributed by atoms with Crippen LogP contribution in [0.3, 0.4) is 0 Å². The van der Waals surface area contributed by atoms with E-state index < -0.39 is 28.5 Å². The SMILES string of the molecule is CCCS(=O)(=O)Nc1cccc(C(=O)OCC(=O)NCCOc2cccc(C)c2)c1. The number of esters is 1. The molecule has 0 bridgehead atoms. The normalized spacial score (nSPS) is 10.9. The lowest BCUT2D eigenvalue weighted by atomic mass is 10.2. The lowest BCUT2D eigenvalue weighted by molar-refractivity contribution is -0.124. The fourth-order valence-electron chi connectivity index (χ4n) is 2.54. The van der Waals surface area contributed by atoms with Crippen LogP contribution in [0.2, 0.25) is 0 Å². The summed E-state index contributed by atoms with van der Waals surface area (Å²) >= 11 is 0. The number of benzene rings is 2. The minimum atomic E-state index is -3.47. The standard InChI is InChI=1S/C21H26N2O6S/c1-3-12-30(26,27)23-18-8-5-7-17(14-18)21(25)29-15-20(24)22-10-11-28-19-9-4-6-16(2)13-19/h4-9,13-14,23H,3,10-12,15H2,1-2H3,(H,22,24). The molecule has 0 fully saturated rings. The van der Waals surface area contributed by atoms with Crippen LogP contribution >= 0.6 is 0 Å². The van der Waals surface area contributed by atoms with E-state index in [1.165, 1.54) is 24.3 Å². The van der Waals surface area contributed by atoms with Gasteiger partial charge in [0.25, 0.3) is 5.91 Å². The molecule has 0 saturated heterocycles. The first-order valence-corrected chi connectivity index (χ1v) is 11.2. The van der Waals surface area contributed by atoms with Gasteiger partial charge in [-0.25, -0.2) is 13.2 Å². The van der Waals surface area contributed by atoms with Gasteiger partial charge in [0.15, 0.2) is 6.61 Å². The molecule has 0 aliphatic rings. The Bertz CT molecular complexity index is 975. The van der Waals surface area contributed by atoms with Crippen molar-refractivity contribution in [2.45, 2.75) is 20.3 Å². The van der Waals surface area contributed by atoms with Gasteiger partial charge in [-0.15, -0.1) is 0 Å². The molecule has 2 N–H and O–H groups in total. The Kier molecular flexibility index (Phi) is 8.67. The number of ether oxygens (including phenoxy) is 2. The number of anilines is 1. The maximum Gasteiger partial charge on any atom is 0.338 e. The average molecular weight is 435 g/mol. The topological polar surface area (TPSA) is 111 Å². The Labute approximate surface area is 176 Å². The largest absolute Gasteiger partial charge is 0.492 e. The van der Waals surface area contributed by atoms with Crippen LogP contribution < -0.4 is 14.8 Å². The third kappa shape index (κ3) is 8.12. The summed E-state index contributed by atoms with van der Waals surface area (Å²) in [6.07, 6.45) is 0.474. The summed E-state index contributed by atoms with van der Waals surface area (Å²) in [4.78, 5) is 24.0. The van der Waals surface area contributed by atoms with Crippen molar-refractivity contribution in [2.75, 3.05) is 30.2 Å². The van der Waals surface area contributed by atoms with E-state index in [1.807, 2.05) is 31.2 Å². The number of sulfonamides is 1. The molecule has 0 aromatic heterocycles. The van der Waals surface area contributed by atoms with Crippen molar-refractivity contribution in [3.8, 4) is 5.75 Å². The molecule has 30 heavy (non-hydrogen) atoms. The van der Waals surface area contributed by atoms with Crippen molar-refractivity contribution >= 4 is 27.6 Å². The number of amides is 1. The Morgan fingerprint density at radius 2 is 1.83 bits per heavy atom. The van der Waals surface area contributed by atoms with E-state index in [4.69, 9.17) is 9.47 Å². The van der Waals surface area contributed by atoms with Gasteiger partial charge in [-0.05, 0) is 49.2 Å². The number of hydrogen-bond donors (Lipinski definition) is 2. The molecular formula is C21H26N2O6S. The summed E-state index contributed by atoms with van der Waals surface area (Å²) in [5, 5.41) is 2.60. The van der Waals surface area contributed by atoms with Gasteiger partial charge in [0.1, 0.15) is 12.4 Å². The first-order chi connectivity index (χ1) is 14.3. The molecule has 0 atom stereocenters. The molecule has 0 spiro atoms. The van der Waals surface area contributed by atoms with E-state index in [0.29, 0.717) is 12.2 Å². The zero-order valence-electron chi connectivity index (χ0n) is 17.0. The third-order valence-corrected chi connectivity index (χ3v) is 5.35. The van der Waals surface area contributed by atoms with Crippen molar-refractivity contribution < 1.29 is 27.5 Å². The summed E-state index contributed by atoms with van der Waals surface area (Å²) in [7, 11) is -3.47. The van der Waals surface area contributed by atoms with Crippen LogP contribution in [-0.4, -0.2) is 45.8 Å². The summed E-state index contributed by atoms with van der Waals surface area (Å²) in [5.41, 5.74) is 1.48. The van der Waals surface area contributed by atoms with Crippen molar-refractivity contribution in [3.05, 3.63) is 59.7 Å². The summed E-state index contributed by atoms with van der Waals surface area (Å²) in [6.45, 7) is 3.81. The Hall–Kier alpha value is -3.07. The quantitative estimate of drug-likeness (QED) is 0.415. The summed E-state index contributed by atoms with van der Waals surface area (Å²) in [6, 6.07) is 13.5. The maximum absolute atomic E-state index is 12.1. The Morgan fingerprint density at radius 3 is 2.57 bits per heavy atom. The fraction of sp³-hybridized carbons (Fsp3) is 0.333. The molecule has 8 nitrogen and oxygen atoms in total. The molecule has 0 radical (unpaired) electrons. The van der Waals surface area contributed by atoms with Crippen LogP contribution in [0.15, 0.2) is 48.5 Å². The zero-order chi connectivity index (χ0) is 22.0. The third-order valence-electron chi connectivity index (χ3n) is 3.86. The predicted octanol–water partition coefficient (Wildman–Crippen LogP) is 2.50. The fourth-order valence-corrected chi connectivity index (χ4v) is 3.66. The lowest BCUT2D eigenvalue weighted by Crippen LogP contribution is -2.32. The van der Waals surface area contributed by atoms with Gasteiger partial charge in [-0.2, -0.15) is 0 Å². The van der Waals surface area contributed by atoms with Crippen LogP contribution in [0.1, 0.15) is 29.3 Å². The molecule has 2 aromatic rings. The minimum absolute atomic E-state index is 0.0184. The molecule has 2 aromatic carbocycles. The van der Waals surface area contributed by atoms with Crippen molar-refractivity contribution in [1.29, 1.82) is 0 Å². The number of carbonyl (C=O) groups is 2. The Morgan fingerprint density at radius 1 is 1.07 bits per heavy atom. The van der Waals surface area contributed by atoms with Crippen LogP contribution in [0.4, 0.5) is 5.69 Å². The smallest absolute Gasteiger partial charge is 0.338 e. The molecule has 0 aliphatic heterocycles. The summed E-state index contributed by atoms with van der Waals surface area (Å²) < 4.78 is 36.6. The van der Waals surface area contributed by atoms with E-state index in [0.717, 1.165) is 5.56 Å². The molecule has 1 amide bonds. The highest BCUT2D eigenvalue weighted by Gasteiger charge is 2.13. The van der Waals surface area contributed by atoms with Gasteiger partial charge in [0.05, 0.1) is 17.9 Å². The average Bonchev–Trinajstić information content (AvgIpc) is 2.69. The van der Waals surface area contributed by atoms with E-state index in [9.17, 15) is 18.0 Å². The molecule has 0 heterocycles. The minimum Gasteiger partial charge on any atom is -0.492 e. The van der Waals surface area contributed by atoms with Crippen molar-refractivity contribution in [2.24, 2.45) is 0 Å². The lowest BCUT2D eigenvalue weighted by Gasteiger charge is -2.10. The van der Waals surface area contributed by atoms with E-state index in [-0.39, 0.29) is 30.2 Å². The maximum atomic E-state index is 12.1. The highest BCUT2D eigenvalue weighted by Crippen LogP contribution is 2.14. The van der Waals surface area contributed by atoms with Gasteiger partial charge in [0.2, 0.25) is 10.0 Å². The van der Waals surface area contributed by atoms with Gasteiger partial charge in [-0.3, -0.25) is 9.52 Å². The second-order valence-electron chi connectivity index (χ2n) is 6.59. The zero-order valence-corrected chi connectivity index (χ0v) is 17.8. The van der Waals surface area contributed by atoms with Gasteiger partial charge >= 0.3 is 5.97 Å². The second-order valence-corrected chi connectivity index (χ2v) is 8.43. The van der Waals surface area contributed by atoms with Crippen LogP contribution in [0.25, 0.3) is 0 Å². The van der Waals surface area contributed by atoms with E-state index >= 15 is 0 Å². The Balaban J connectivity index is 1.75. The van der Waals surface area contributed by atoms with E-state index in [2.05, 4.69) is 10.0 Å². The van der Waals surface area contributed by atoms with Crippen LogP contribution in [-0.2, 0) is 19.6 Å². The monoisotopic (exact) mass is 434 g/mol. The van der Waals surface area contributed by atoms with Crippen LogP contribution in [0.5, 0.6) is 5.75 Å². The van der Waals surface area contributed by atoms with Gasteiger partial charge < -0.3 is 14.8 Å². The molecule has 0 aliphatic carbocycles. The number of aryl methyl sites for hydroxylation is 1. The highest BCUT2D eigenvalue weighted by molar-refractivity contribution is 7.92. The van der Waals surface area contributed by atoms with Gasteiger partial charge in [-0.1, -0.05) is 25.1 Å². The number of nitrogens with one attached hydrogen (secondary N) is 2. The van der Waals surface area contributed by atoms with Crippen LogP contribution in [0, 0.1) is 6.92 Å². The predicted molar refractivity (Wildman–Crippen MR) is 114 cm³/mol. The van der Waals surface area contributed by atoms with Gasteiger partial charge in [0, 0.05) is 5.69 Å². The van der Waals surface area contributed by atoms with Crippen molar-refractivity contribution in [1.82, 2.24) is 5.32 Å². The number of rotatable bonds is 11. The summed E-state index contributed by atoms with van der Waals surface area (Å²) in [5.74, 6) is -0.492. The number of hydrogen-bond acceptors (Lipinski definition) is 6. The molecule has 162 valence electrons. The molecule has 2 rings (SSSR count).